The second-order valence-electron chi connectivity index (χ2n) is 5.12. The summed E-state index contributed by atoms with van der Waals surface area (Å²) in [6, 6.07) is 1.86. The molecule has 1 rings (SSSR count). The third-order valence-corrected chi connectivity index (χ3v) is 3.77. The summed E-state index contributed by atoms with van der Waals surface area (Å²) in [4.78, 5) is 4.47. The van der Waals surface area contributed by atoms with E-state index in [1.807, 2.05) is 19.9 Å². The van der Waals surface area contributed by atoms with Crippen LogP contribution in [0.5, 0.6) is 0 Å². The third-order valence-electron chi connectivity index (χ3n) is 2.84. The van der Waals surface area contributed by atoms with Crippen LogP contribution in [-0.2, 0) is 0 Å². The van der Waals surface area contributed by atoms with Gasteiger partial charge in [-0.05, 0) is 39.3 Å². The first-order chi connectivity index (χ1) is 10.6. The van der Waals surface area contributed by atoms with Crippen LogP contribution in [0, 0.1) is 6.92 Å². The molecule has 0 radical (unpaired) electrons. The van der Waals surface area contributed by atoms with Gasteiger partial charge in [-0.15, -0.1) is 11.8 Å². The van der Waals surface area contributed by atoms with E-state index in [1.165, 1.54) is 11.8 Å². The van der Waals surface area contributed by atoms with Crippen molar-refractivity contribution < 1.29 is 13.2 Å². The van der Waals surface area contributed by atoms with Crippen molar-refractivity contribution >= 4 is 16.8 Å². The van der Waals surface area contributed by atoms with Crippen molar-refractivity contribution in [1.82, 2.24) is 9.78 Å². The highest BCUT2D eigenvalue weighted by molar-refractivity contribution is 8.14. The molecule has 0 spiro atoms. The standard InChI is InChI=1S/C15H21F3N4S/c1-10(15(16,17)18)6-8-23-14(9-11(2)19)20-13(4)22-7-5-12(3)21-22/h5,7,9,13H,1,6,8,19H2,2-4H3/b11-9-,20-14?. The Kier molecular flexibility index (Phi) is 6.93. The molecular formula is C15H21F3N4S. The number of hydrogen-bond donors (Lipinski definition) is 1. The van der Waals surface area contributed by atoms with E-state index < -0.39 is 11.7 Å². The molecule has 0 fully saturated rings. The van der Waals surface area contributed by atoms with Gasteiger partial charge in [-0.3, -0.25) is 4.99 Å². The van der Waals surface area contributed by atoms with Gasteiger partial charge in [0.2, 0.25) is 0 Å². The molecule has 1 aromatic rings. The van der Waals surface area contributed by atoms with E-state index in [2.05, 4.69) is 16.7 Å². The van der Waals surface area contributed by atoms with Gasteiger partial charge >= 0.3 is 6.18 Å². The molecule has 1 unspecified atom stereocenters. The molecule has 0 aliphatic rings. The average Bonchev–Trinajstić information content (AvgIpc) is 2.83. The van der Waals surface area contributed by atoms with Gasteiger partial charge in [0.25, 0.3) is 0 Å². The number of allylic oxidation sites excluding steroid dienone is 2. The molecule has 23 heavy (non-hydrogen) atoms. The van der Waals surface area contributed by atoms with E-state index in [9.17, 15) is 13.2 Å². The minimum atomic E-state index is -4.35. The molecule has 0 saturated carbocycles. The van der Waals surface area contributed by atoms with Gasteiger partial charge in [-0.25, -0.2) is 4.68 Å². The van der Waals surface area contributed by atoms with Crippen LogP contribution in [0.1, 0.15) is 32.1 Å². The summed E-state index contributed by atoms with van der Waals surface area (Å²) in [6.07, 6.45) is -1.32. The molecule has 0 aliphatic heterocycles. The van der Waals surface area contributed by atoms with Gasteiger partial charge in [0.1, 0.15) is 6.17 Å². The molecule has 1 aromatic heterocycles. The van der Waals surface area contributed by atoms with Crippen LogP contribution in [0.25, 0.3) is 0 Å². The molecule has 1 atom stereocenters. The fraction of sp³-hybridized carbons (Fsp3) is 0.467. The summed E-state index contributed by atoms with van der Waals surface area (Å²) in [5, 5.41) is 4.84. The molecule has 4 nitrogen and oxygen atoms in total. The summed E-state index contributed by atoms with van der Waals surface area (Å²) < 4.78 is 39.0. The fourth-order valence-electron chi connectivity index (χ4n) is 1.62. The predicted molar refractivity (Wildman–Crippen MR) is 89.3 cm³/mol. The third kappa shape index (κ3) is 6.94. The Balaban J connectivity index is 2.75. The van der Waals surface area contributed by atoms with Gasteiger partial charge in [-0.1, -0.05) is 6.58 Å². The lowest BCUT2D eigenvalue weighted by Crippen LogP contribution is -2.12. The highest BCUT2D eigenvalue weighted by Gasteiger charge is 2.31. The maximum Gasteiger partial charge on any atom is 0.412 e. The number of aliphatic imine (C=N–C) groups is 1. The number of hydrogen-bond acceptors (Lipinski definition) is 4. The van der Waals surface area contributed by atoms with Crippen LogP contribution in [0.15, 0.2) is 41.2 Å². The molecule has 0 saturated heterocycles. The van der Waals surface area contributed by atoms with Crippen LogP contribution < -0.4 is 5.73 Å². The average molecular weight is 346 g/mol. The molecule has 2 N–H and O–H groups in total. The van der Waals surface area contributed by atoms with Crippen molar-refractivity contribution in [3.63, 3.8) is 0 Å². The number of rotatable bonds is 6. The van der Waals surface area contributed by atoms with Gasteiger partial charge in [0.15, 0.2) is 0 Å². The molecule has 0 amide bonds. The zero-order valence-corrected chi connectivity index (χ0v) is 14.2. The minimum absolute atomic E-state index is 0.153. The number of nitrogens with zero attached hydrogens (tertiary/aromatic N) is 3. The number of nitrogens with two attached hydrogens (primary N) is 1. The number of thioether (sulfide) groups is 1. The smallest absolute Gasteiger partial charge is 0.402 e. The van der Waals surface area contributed by atoms with Gasteiger partial charge in [0.05, 0.1) is 10.7 Å². The molecule has 1 heterocycles. The first kappa shape index (κ1) is 19.3. The first-order valence-electron chi connectivity index (χ1n) is 7.00. The Bertz CT molecular complexity index is 598. The largest absolute Gasteiger partial charge is 0.412 e. The van der Waals surface area contributed by atoms with E-state index in [1.54, 1.807) is 23.9 Å². The highest BCUT2D eigenvalue weighted by atomic mass is 32.2. The second-order valence-corrected chi connectivity index (χ2v) is 6.24. The quantitative estimate of drug-likeness (QED) is 0.477. The fourth-order valence-corrected chi connectivity index (χ4v) is 2.67. The van der Waals surface area contributed by atoms with Gasteiger partial charge < -0.3 is 5.73 Å². The zero-order chi connectivity index (χ0) is 17.6. The molecule has 8 heteroatoms. The number of halogens is 3. The van der Waals surface area contributed by atoms with E-state index in [0.29, 0.717) is 10.7 Å². The predicted octanol–water partition coefficient (Wildman–Crippen LogP) is 4.21. The van der Waals surface area contributed by atoms with Crippen LogP contribution in [0.2, 0.25) is 0 Å². The van der Waals surface area contributed by atoms with Crippen LogP contribution in [0.4, 0.5) is 13.2 Å². The van der Waals surface area contributed by atoms with E-state index in [4.69, 9.17) is 5.73 Å². The van der Waals surface area contributed by atoms with Crippen molar-refractivity contribution in [2.75, 3.05) is 5.75 Å². The van der Waals surface area contributed by atoms with Crippen molar-refractivity contribution in [2.24, 2.45) is 10.7 Å². The van der Waals surface area contributed by atoms with Crippen molar-refractivity contribution in [1.29, 1.82) is 0 Å². The summed E-state index contributed by atoms with van der Waals surface area (Å²) in [5.74, 6) is 0.228. The van der Waals surface area contributed by atoms with Crippen molar-refractivity contribution in [2.45, 2.75) is 39.5 Å². The Hall–Kier alpha value is -1.70. The minimum Gasteiger partial charge on any atom is -0.402 e. The highest BCUT2D eigenvalue weighted by Crippen LogP contribution is 2.28. The number of aromatic nitrogens is 2. The molecular weight excluding hydrogens is 325 g/mol. The van der Waals surface area contributed by atoms with Crippen LogP contribution >= 0.6 is 11.8 Å². The molecule has 0 aromatic carbocycles. The lowest BCUT2D eigenvalue weighted by atomic mass is 10.2. The van der Waals surface area contributed by atoms with E-state index in [0.717, 1.165) is 5.69 Å². The molecule has 128 valence electrons. The second kappa shape index (κ2) is 8.24. The topological polar surface area (TPSA) is 56.2 Å². The van der Waals surface area contributed by atoms with Crippen molar-refractivity contribution in [3.8, 4) is 0 Å². The van der Waals surface area contributed by atoms with Gasteiger partial charge in [-0.2, -0.15) is 18.3 Å². The zero-order valence-electron chi connectivity index (χ0n) is 13.4. The maximum absolute atomic E-state index is 12.4. The summed E-state index contributed by atoms with van der Waals surface area (Å²) >= 11 is 1.22. The number of aryl methyl sites for hydroxylation is 1. The Labute approximate surface area is 138 Å². The summed E-state index contributed by atoms with van der Waals surface area (Å²) in [5.41, 5.74) is 6.32. The van der Waals surface area contributed by atoms with E-state index >= 15 is 0 Å². The first-order valence-corrected chi connectivity index (χ1v) is 7.99. The Morgan fingerprint density at radius 2 is 2.22 bits per heavy atom. The Morgan fingerprint density at radius 3 is 2.70 bits per heavy atom. The monoisotopic (exact) mass is 346 g/mol. The SMILES string of the molecule is C=C(CCSC(/C=C(/C)N)=NC(C)n1ccc(C)n1)C(F)(F)F. The van der Waals surface area contributed by atoms with Crippen LogP contribution in [-0.4, -0.2) is 26.8 Å². The lowest BCUT2D eigenvalue weighted by molar-refractivity contribution is -0.0930. The Morgan fingerprint density at radius 1 is 1.57 bits per heavy atom. The van der Waals surface area contributed by atoms with Gasteiger partial charge in [0, 0.05) is 23.2 Å². The number of alkyl halides is 3. The van der Waals surface area contributed by atoms with Crippen molar-refractivity contribution in [3.05, 3.63) is 41.9 Å². The lowest BCUT2D eigenvalue weighted by Gasteiger charge is -2.11. The van der Waals surface area contributed by atoms with E-state index in [-0.39, 0.29) is 18.3 Å². The normalized spacial score (nSPS) is 14.9. The summed E-state index contributed by atoms with van der Waals surface area (Å²) in [7, 11) is 0. The summed E-state index contributed by atoms with van der Waals surface area (Å²) in [6.45, 7) is 8.48. The molecule has 0 bridgehead atoms. The molecule has 0 aliphatic carbocycles. The maximum atomic E-state index is 12.4. The van der Waals surface area contributed by atoms with Crippen LogP contribution in [0.3, 0.4) is 0 Å².